The number of nitrogens with zero attached hydrogens (tertiary/aromatic N) is 2. The lowest BCUT2D eigenvalue weighted by Gasteiger charge is -2.32. The first-order chi connectivity index (χ1) is 12.4. The van der Waals surface area contributed by atoms with Gasteiger partial charge in [-0.3, -0.25) is 14.3 Å². The van der Waals surface area contributed by atoms with Crippen molar-refractivity contribution in [1.82, 2.24) is 15.1 Å². The van der Waals surface area contributed by atoms with Crippen molar-refractivity contribution in [3.8, 4) is 5.75 Å². The van der Waals surface area contributed by atoms with E-state index in [0.29, 0.717) is 36.6 Å². The summed E-state index contributed by atoms with van der Waals surface area (Å²) in [6, 6.07) is 8.12. The summed E-state index contributed by atoms with van der Waals surface area (Å²) in [5.41, 5.74) is 6.93. The standard InChI is InChI=1S/C18H22N4O4/c1-11-9-15(22(2)21-11)18(24)20-14-7-8-25-10-16(14)26-13-5-3-12(4-6-13)17(19)23/h3-6,9,14,16H,7-8,10H2,1-2H3,(H2,19,23)(H,20,24). The smallest absolute Gasteiger partial charge is 0.269 e. The number of carbonyl (C=O) groups excluding carboxylic acids is 2. The predicted octanol–water partition coefficient (Wildman–Crippen LogP) is 0.794. The number of aromatic nitrogens is 2. The molecule has 0 spiro atoms. The molecule has 1 aliphatic rings. The molecular weight excluding hydrogens is 336 g/mol. The SMILES string of the molecule is Cc1cc(C(=O)NC2CCOCC2Oc2ccc(C(N)=O)cc2)n(C)n1. The Morgan fingerprint density at radius 3 is 2.69 bits per heavy atom. The zero-order valence-corrected chi connectivity index (χ0v) is 14.8. The quantitative estimate of drug-likeness (QED) is 0.822. The van der Waals surface area contributed by atoms with E-state index in [2.05, 4.69) is 10.4 Å². The van der Waals surface area contributed by atoms with Crippen molar-refractivity contribution in [2.24, 2.45) is 12.8 Å². The van der Waals surface area contributed by atoms with Crippen molar-refractivity contribution in [2.75, 3.05) is 13.2 Å². The number of primary amides is 1. The van der Waals surface area contributed by atoms with E-state index in [4.69, 9.17) is 15.2 Å². The molecule has 2 atom stereocenters. The first-order valence-corrected chi connectivity index (χ1v) is 8.40. The number of benzene rings is 1. The highest BCUT2D eigenvalue weighted by Crippen LogP contribution is 2.19. The van der Waals surface area contributed by atoms with Gasteiger partial charge in [-0.2, -0.15) is 5.10 Å². The molecule has 1 aliphatic heterocycles. The van der Waals surface area contributed by atoms with Gasteiger partial charge in [0.05, 0.1) is 18.3 Å². The maximum atomic E-state index is 12.5. The Bertz CT molecular complexity index is 800. The van der Waals surface area contributed by atoms with E-state index < -0.39 is 5.91 Å². The Hall–Kier alpha value is -2.87. The maximum absolute atomic E-state index is 12.5. The van der Waals surface area contributed by atoms with Crippen molar-refractivity contribution < 1.29 is 19.1 Å². The fourth-order valence-electron chi connectivity index (χ4n) is 2.93. The summed E-state index contributed by atoms with van der Waals surface area (Å²) < 4.78 is 13.0. The summed E-state index contributed by atoms with van der Waals surface area (Å²) >= 11 is 0. The van der Waals surface area contributed by atoms with Crippen molar-refractivity contribution >= 4 is 11.8 Å². The van der Waals surface area contributed by atoms with E-state index in [0.717, 1.165) is 5.69 Å². The van der Waals surface area contributed by atoms with Crippen LogP contribution in [0.3, 0.4) is 0 Å². The number of amides is 2. The Kier molecular flexibility index (Phi) is 5.22. The van der Waals surface area contributed by atoms with Gasteiger partial charge in [0, 0.05) is 19.2 Å². The average Bonchev–Trinajstić information content (AvgIpc) is 2.95. The molecule has 0 saturated carbocycles. The van der Waals surface area contributed by atoms with Crippen LogP contribution in [0.1, 0.15) is 33.0 Å². The Balaban J connectivity index is 1.68. The maximum Gasteiger partial charge on any atom is 0.269 e. The summed E-state index contributed by atoms with van der Waals surface area (Å²) in [6.07, 6.45) is 0.313. The summed E-state index contributed by atoms with van der Waals surface area (Å²) in [5.74, 6) is -0.104. The first-order valence-electron chi connectivity index (χ1n) is 8.40. The molecule has 26 heavy (non-hydrogen) atoms. The molecule has 138 valence electrons. The molecule has 1 saturated heterocycles. The average molecular weight is 358 g/mol. The zero-order valence-electron chi connectivity index (χ0n) is 14.8. The van der Waals surface area contributed by atoms with Crippen molar-refractivity contribution in [2.45, 2.75) is 25.5 Å². The number of rotatable bonds is 5. The molecule has 3 N–H and O–H groups in total. The highest BCUT2D eigenvalue weighted by atomic mass is 16.5. The lowest BCUT2D eigenvalue weighted by atomic mass is 10.1. The van der Waals surface area contributed by atoms with E-state index in [9.17, 15) is 9.59 Å². The van der Waals surface area contributed by atoms with Gasteiger partial charge in [-0.15, -0.1) is 0 Å². The minimum Gasteiger partial charge on any atom is -0.486 e. The van der Waals surface area contributed by atoms with Crippen LogP contribution in [-0.2, 0) is 11.8 Å². The van der Waals surface area contributed by atoms with Crippen molar-refractivity contribution in [3.63, 3.8) is 0 Å². The number of aryl methyl sites for hydroxylation is 2. The predicted molar refractivity (Wildman–Crippen MR) is 94.0 cm³/mol. The van der Waals surface area contributed by atoms with Gasteiger partial charge < -0.3 is 20.5 Å². The molecule has 2 aromatic rings. The van der Waals surface area contributed by atoms with E-state index in [1.807, 2.05) is 6.92 Å². The lowest BCUT2D eigenvalue weighted by Crippen LogP contribution is -2.51. The molecule has 1 aromatic carbocycles. The second-order valence-corrected chi connectivity index (χ2v) is 6.28. The van der Waals surface area contributed by atoms with Crippen LogP contribution in [0.5, 0.6) is 5.75 Å². The van der Waals surface area contributed by atoms with Gasteiger partial charge in [0.25, 0.3) is 5.91 Å². The van der Waals surface area contributed by atoms with Crippen LogP contribution in [0, 0.1) is 6.92 Å². The lowest BCUT2D eigenvalue weighted by molar-refractivity contribution is -0.0136. The largest absolute Gasteiger partial charge is 0.486 e. The third-order valence-electron chi connectivity index (χ3n) is 4.28. The topological polar surface area (TPSA) is 108 Å². The van der Waals surface area contributed by atoms with Gasteiger partial charge in [-0.25, -0.2) is 0 Å². The van der Waals surface area contributed by atoms with Gasteiger partial charge >= 0.3 is 0 Å². The van der Waals surface area contributed by atoms with Crippen LogP contribution in [0.15, 0.2) is 30.3 Å². The molecular formula is C18H22N4O4. The normalized spacial score (nSPS) is 19.8. The highest BCUT2D eigenvalue weighted by molar-refractivity contribution is 5.93. The van der Waals surface area contributed by atoms with Crippen LogP contribution in [0.25, 0.3) is 0 Å². The van der Waals surface area contributed by atoms with Gasteiger partial charge in [0.2, 0.25) is 5.91 Å². The molecule has 2 amide bonds. The minimum absolute atomic E-state index is 0.192. The monoisotopic (exact) mass is 358 g/mol. The number of hydrogen-bond donors (Lipinski definition) is 2. The molecule has 8 heteroatoms. The molecule has 0 bridgehead atoms. The first kappa shape index (κ1) is 17.9. The fraction of sp³-hybridized carbons (Fsp3) is 0.389. The summed E-state index contributed by atoms with van der Waals surface area (Å²) in [7, 11) is 1.74. The Labute approximate surface area is 151 Å². The van der Waals surface area contributed by atoms with Gasteiger partial charge in [0.15, 0.2) is 0 Å². The van der Waals surface area contributed by atoms with E-state index in [1.165, 1.54) is 0 Å². The highest BCUT2D eigenvalue weighted by Gasteiger charge is 2.30. The Morgan fingerprint density at radius 2 is 2.08 bits per heavy atom. The summed E-state index contributed by atoms with van der Waals surface area (Å²) in [5, 5.41) is 7.21. The third kappa shape index (κ3) is 4.02. The molecule has 2 unspecified atom stereocenters. The van der Waals surface area contributed by atoms with Crippen LogP contribution in [-0.4, -0.2) is 47.0 Å². The van der Waals surface area contributed by atoms with Crippen LogP contribution >= 0.6 is 0 Å². The molecule has 8 nitrogen and oxygen atoms in total. The van der Waals surface area contributed by atoms with Crippen LogP contribution < -0.4 is 15.8 Å². The number of ether oxygens (including phenoxy) is 2. The van der Waals surface area contributed by atoms with E-state index >= 15 is 0 Å². The zero-order chi connectivity index (χ0) is 18.7. The second kappa shape index (κ2) is 7.57. The molecule has 1 fully saturated rings. The van der Waals surface area contributed by atoms with Gasteiger partial charge in [-0.05, 0) is 43.7 Å². The molecule has 2 heterocycles. The molecule has 3 rings (SSSR count). The Morgan fingerprint density at radius 1 is 1.35 bits per heavy atom. The van der Waals surface area contributed by atoms with E-state index in [-0.39, 0.29) is 18.1 Å². The fourth-order valence-corrected chi connectivity index (χ4v) is 2.93. The van der Waals surface area contributed by atoms with Crippen LogP contribution in [0.4, 0.5) is 0 Å². The molecule has 1 aromatic heterocycles. The van der Waals surface area contributed by atoms with Crippen LogP contribution in [0.2, 0.25) is 0 Å². The minimum atomic E-state index is -0.492. The second-order valence-electron chi connectivity index (χ2n) is 6.28. The van der Waals surface area contributed by atoms with E-state index in [1.54, 1.807) is 42.1 Å². The van der Waals surface area contributed by atoms with Crippen molar-refractivity contribution in [1.29, 1.82) is 0 Å². The third-order valence-corrected chi connectivity index (χ3v) is 4.28. The van der Waals surface area contributed by atoms with Gasteiger partial charge in [-0.1, -0.05) is 0 Å². The molecule has 0 aliphatic carbocycles. The van der Waals surface area contributed by atoms with Gasteiger partial charge in [0.1, 0.15) is 17.5 Å². The molecule has 0 radical (unpaired) electrons. The summed E-state index contributed by atoms with van der Waals surface area (Å²) in [6.45, 7) is 2.76. The number of carbonyl (C=O) groups is 2. The summed E-state index contributed by atoms with van der Waals surface area (Å²) in [4.78, 5) is 23.7. The van der Waals surface area contributed by atoms with Crippen molar-refractivity contribution in [3.05, 3.63) is 47.3 Å². The number of nitrogens with one attached hydrogen (secondary N) is 1. The number of hydrogen-bond acceptors (Lipinski definition) is 5. The number of nitrogens with two attached hydrogens (primary N) is 1.